The first kappa shape index (κ1) is 26.6. The van der Waals surface area contributed by atoms with Gasteiger partial charge in [0, 0.05) is 25.1 Å². The number of carbonyl (C=O) groups is 5. The van der Waals surface area contributed by atoms with E-state index in [2.05, 4.69) is 0 Å². The highest BCUT2D eigenvalue weighted by Gasteiger charge is 2.25. The second-order valence-corrected chi connectivity index (χ2v) is 8.23. The molecule has 2 atom stereocenters. The summed E-state index contributed by atoms with van der Waals surface area (Å²) in [5, 5.41) is 27.3. The van der Waals surface area contributed by atoms with E-state index in [0.717, 1.165) is 10.5 Å². The highest BCUT2D eigenvalue weighted by Crippen LogP contribution is 2.26. The molecule has 10 nitrogen and oxygen atoms in total. The fourth-order valence-corrected chi connectivity index (χ4v) is 3.85. The monoisotopic (exact) mass is 475 g/mol. The summed E-state index contributed by atoms with van der Waals surface area (Å²) < 4.78 is 5.65. The molecule has 2 unspecified atom stereocenters. The first-order valence-electron chi connectivity index (χ1n) is 11.1. The summed E-state index contributed by atoms with van der Waals surface area (Å²) in [6.45, 7) is 0.575. The quantitative estimate of drug-likeness (QED) is 0.241. The number of hydrogen-bond donors (Lipinski definition) is 3. The number of carboxylic acid groups (broad SMARTS) is 3. The number of nitrogens with zero attached hydrogens (tertiary/aromatic N) is 1. The lowest BCUT2D eigenvalue weighted by molar-refractivity contribution is -0.148. The number of amides is 2. The maximum Gasteiger partial charge on any atom is 0.307 e. The van der Waals surface area contributed by atoms with Gasteiger partial charge < -0.3 is 20.1 Å². The zero-order chi connectivity index (χ0) is 25.1. The number of benzene rings is 1. The van der Waals surface area contributed by atoms with Gasteiger partial charge in [-0.1, -0.05) is 12.1 Å². The van der Waals surface area contributed by atoms with Crippen LogP contribution in [-0.4, -0.2) is 63.1 Å². The first-order valence-corrected chi connectivity index (χ1v) is 11.1. The molecule has 0 saturated heterocycles. The summed E-state index contributed by atoms with van der Waals surface area (Å²) in [6.07, 6.45) is 3.89. The van der Waals surface area contributed by atoms with Crippen LogP contribution in [0.25, 0.3) is 0 Å². The van der Waals surface area contributed by atoms with Gasteiger partial charge in [-0.3, -0.25) is 28.9 Å². The third kappa shape index (κ3) is 9.05. The molecule has 1 aliphatic heterocycles. The Morgan fingerprint density at radius 1 is 0.912 bits per heavy atom. The highest BCUT2D eigenvalue weighted by molar-refractivity contribution is 6.12. The van der Waals surface area contributed by atoms with Crippen molar-refractivity contribution in [2.45, 2.75) is 44.9 Å². The summed E-state index contributed by atoms with van der Waals surface area (Å²) in [6, 6.07) is 7.15. The average molecular weight is 475 g/mol. The van der Waals surface area contributed by atoms with Crippen molar-refractivity contribution in [1.82, 2.24) is 4.90 Å². The Bertz CT molecular complexity index is 905. The topological polar surface area (TPSA) is 159 Å². The Morgan fingerprint density at radius 2 is 1.56 bits per heavy atom. The molecule has 0 spiro atoms. The van der Waals surface area contributed by atoms with Crippen LogP contribution in [-0.2, 0) is 30.4 Å². The van der Waals surface area contributed by atoms with Crippen molar-refractivity contribution in [1.29, 1.82) is 0 Å². The Hall–Kier alpha value is -3.69. The van der Waals surface area contributed by atoms with E-state index in [9.17, 15) is 29.1 Å². The van der Waals surface area contributed by atoms with E-state index >= 15 is 0 Å². The van der Waals surface area contributed by atoms with E-state index in [1.807, 2.05) is 12.1 Å². The Kier molecular flexibility index (Phi) is 10.3. The molecule has 0 fully saturated rings. The Balaban J connectivity index is 1.89. The summed E-state index contributed by atoms with van der Waals surface area (Å²) in [7, 11) is 0. The molecule has 0 aliphatic carbocycles. The zero-order valence-corrected chi connectivity index (χ0v) is 18.7. The summed E-state index contributed by atoms with van der Waals surface area (Å²) >= 11 is 0. The Labute approximate surface area is 196 Å². The van der Waals surface area contributed by atoms with Crippen LogP contribution in [0.1, 0.15) is 44.1 Å². The fraction of sp³-hybridized carbons (Fsp3) is 0.458. The summed E-state index contributed by atoms with van der Waals surface area (Å²) in [4.78, 5) is 57.5. The van der Waals surface area contributed by atoms with E-state index in [1.165, 1.54) is 12.2 Å². The molecule has 3 N–H and O–H groups in total. The zero-order valence-electron chi connectivity index (χ0n) is 18.7. The third-order valence-corrected chi connectivity index (χ3v) is 5.53. The van der Waals surface area contributed by atoms with Crippen LogP contribution in [0, 0.1) is 11.8 Å². The molecule has 1 aliphatic rings. The standard InChI is InChI=1S/C24H29NO9/c26-20-9-10-21(27)25(20)11-2-12-34-19-7-5-16(6-8-19)13-17(3-1-4-22(28)29)14-18(24(32)33)15-23(30)31/h5-10,17-18H,1-4,11-15H2,(H,28,29)(H,30,31)(H,32,33). The van der Waals surface area contributed by atoms with E-state index < -0.39 is 30.2 Å². The lowest BCUT2D eigenvalue weighted by atomic mass is 9.84. The van der Waals surface area contributed by atoms with Crippen molar-refractivity contribution in [2.75, 3.05) is 13.2 Å². The van der Waals surface area contributed by atoms with Crippen LogP contribution < -0.4 is 4.74 Å². The van der Waals surface area contributed by atoms with Crippen LogP contribution in [0.2, 0.25) is 0 Å². The molecule has 1 aromatic rings. The highest BCUT2D eigenvalue weighted by atomic mass is 16.5. The molecule has 1 heterocycles. The van der Waals surface area contributed by atoms with Crippen molar-refractivity contribution >= 4 is 29.7 Å². The second kappa shape index (κ2) is 13.1. The van der Waals surface area contributed by atoms with E-state index in [-0.39, 0.29) is 37.1 Å². The van der Waals surface area contributed by atoms with Crippen LogP contribution in [0.4, 0.5) is 0 Å². The van der Waals surface area contributed by atoms with Gasteiger partial charge in [-0.25, -0.2) is 0 Å². The molecule has 1 aromatic carbocycles. The van der Waals surface area contributed by atoms with Crippen LogP contribution in [0.5, 0.6) is 5.75 Å². The van der Waals surface area contributed by atoms with E-state index in [1.54, 1.807) is 12.1 Å². The van der Waals surface area contributed by atoms with Crippen LogP contribution >= 0.6 is 0 Å². The molecule has 2 amide bonds. The minimum absolute atomic E-state index is 0.0371. The number of carboxylic acids is 3. The predicted octanol–water partition coefficient (Wildman–Crippen LogP) is 2.36. The SMILES string of the molecule is O=C(O)CCCC(Cc1ccc(OCCCN2C(=O)C=CC2=O)cc1)CC(CC(=O)O)C(=O)O. The van der Waals surface area contributed by atoms with Gasteiger partial charge in [0.05, 0.1) is 18.9 Å². The fourth-order valence-electron chi connectivity index (χ4n) is 3.85. The molecule has 184 valence electrons. The van der Waals surface area contributed by atoms with Gasteiger partial charge in [0.2, 0.25) is 0 Å². The Morgan fingerprint density at radius 3 is 2.12 bits per heavy atom. The molecule has 34 heavy (non-hydrogen) atoms. The molecule has 0 bridgehead atoms. The number of aliphatic carboxylic acids is 3. The second-order valence-electron chi connectivity index (χ2n) is 8.23. The maximum atomic E-state index is 11.5. The largest absolute Gasteiger partial charge is 0.494 e. The molecule has 0 radical (unpaired) electrons. The van der Waals surface area contributed by atoms with Crippen LogP contribution in [0.15, 0.2) is 36.4 Å². The third-order valence-electron chi connectivity index (χ3n) is 5.53. The van der Waals surface area contributed by atoms with Gasteiger partial charge in [0.25, 0.3) is 11.8 Å². The molecule has 0 aromatic heterocycles. The van der Waals surface area contributed by atoms with Gasteiger partial charge in [0.1, 0.15) is 5.75 Å². The van der Waals surface area contributed by atoms with Crippen LogP contribution in [0.3, 0.4) is 0 Å². The van der Waals surface area contributed by atoms with Crippen molar-refractivity contribution < 1.29 is 44.0 Å². The van der Waals surface area contributed by atoms with Crippen molar-refractivity contribution in [3.8, 4) is 5.75 Å². The number of ether oxygens (including phenoxy) is 1. The lowest BCUT2D eigenvalue weighted by Gasteiger charge is -2.20. The molecule has 10 heteroatoms. The van der Waals surface area contributed by atoms with Gasteiger partial charge in [0.15, 0.2) is 0 Å². The van der Waals surface area contributed by atoms with Gasteiger partial charge in [-0.05, 0) is 55.7 Å². The number of imide groups is 1. The average Bonchev–Trinajstić information content (AvgIpc) is 3.08. The van der Waals surface area contributed by atoms with Crippen molar-refractivity contribution in [2.24, 2.45) is 11.8 Å². The minimum Gasteiger partial charge on any atom is -0.494 e. The van der Waals surface area contributed by atoms with Gasteiger partial charge >= 0.3 is 17.9 Å². The van der Waals surface area contributed by atoms with E-state index in [4.69, 9.17) is 14.9 Å². The van der Waals surface area contributed by atoms with E-state index in [0.29, 0.717) is 38.0 Å². The van der Waals surface area contributed by atoms with Crippen molar-refractivity contribution in [3.05, 3.63) is 42.0 Å². The minimum atomic E-state index is -1.19. The lowest BCUT2D eigenvalue weighted by Crippen LogP contribution is -2.31. The number of hydrogen-bond acceptors (Lipinski definition) is 6. The smallest absolute Gasteiger partial charge is 0.307 e. The normalized spacial score (nSPS) is 14.8. The summed E-state index contributed by atoms with van der Waals surface area (Å²) in [5.74, 6) is -4.60. The molecular weight excluding hydrogens is 446 g/mol. The molecule has 2 rings (SSSR count). The molecule has 0 saturated carbocycles. The first-order chi connectivity index (χ1) is 16.2. The molecular formula is C24H29NO9. The van der Waals surface area contributed by atoms with Gasteiger partial charge in [-0.15, -0.1) is 0 Å². The number of carbonyl (C=O) groups excluding carboxylic acids is 2. The summed E-state index contributed by atoms with van der Waals surface area (Å²) in [5.41, 5.74) is 0.895. The maximum absolute atomic E-state index is 11.5. The van der Waals surface area contributed by atoms with Crippen molar-refractivity contribution in [3.63, 3.8) is 0 Å². The van der Waals surface area contributed by atoms with Gasteiger partial charge in [-0.2, -0.15) is 0 Å². The predicted molar refractivity (Wildman–Crippen MR) is 119 cm³/mol. The number of rotatable bonds is 16.